The molecule has 0 bridgehead atoms. The summed E-state index contributed by atoms with van der Waals surface area (Å²) in [5.41, 5.74) is -0.542. The predicted molar refractivity (Wildman–Crippen MR) is 55.2 cm³/mol. The lowest BCUT2D eigenvalue weighted by molar-refractivity contribution is -0.0106. The van der Waals surface area contributed by atoms with Crippen LogP contribution in [0.2, 0.25) is 0 Å². The van der Waals surface area contributed by atoms with Crippen LogP contribution in [-0.2, 0) is 0 Å². The minimum Gasteiger partial charge on any atom is -0.389 e. The van der Waals surface area contributed by atoms with Gasteiger partial charge >= 0.3 is 0 Å². The van der Waals surface area contributed by atoms with Crippen molar-refractivity contribution in [1.29, 1.82) is 0 Å². The van der Waals surface area contributed by atoms with Crippen LogP contribution in [0, 0.1) is 24.2 Å². The number of aliphatic hydroxyl groups is 1. The maximum atomic E-state index is 10.0. The van der Waals surface area contributed by atoms with E-state index >= 15 is 0 Å². The van der Waals surface area contributed by atoms with Crippen molar-refractivity contribution in [2.24, 2.45) is 11.8 Å². The molecule has 0 aromatic carbocycles. The van der Waals surface area contributed by atoms with E-state index in [2.05, 4.69) is 19.8 Å². The molecule has 1 nitrogen and oxygen atoms in total. The lowest BCUT2D eigenvalue weighted by atomic mass is 9.73. The molecule has 74 valence electrons. The Bertz CT molecular complexity index is 192. The third kappa shape index (κ3) is 2.74. The first-order valence-corrected chi connectivity index (χ1v) is 5.23. The molecule has 0 atom stereocenters. The van der Waals surface area contributed by atoms with Gasteiger partial charge in [-0.2, -0.15) is 0 Å². The van der Waals surface area contributed by atoms with Crippen molar-refractivity contribution < 1.29 is 5.11 Å². The number of terminal acetylenes is 1. The lowest BCUT2D eigenvalue weighted by Gasteiger charge is -2.36. The molecule has 1 heteroatoms. The summed E-state index contributed by atoms with van der Waals surface area (Å²) in [6.45, 7) is 4.52. The molecule has 1 fully saturated rings. The van der Waals surface area contributed by atoms with Gasteiger partial charge in [0, 0.05) is 6.42 Å². The van der Waals surface area contributed by atoms with Crippen molar-refractivity contribution in [3.05, 3.63) is 0 Å². The largest absolute Gasteiger partial charge is 0.389 e. The smallest absolute Gasteiger partial charge is 0.0756 e. The van der Waals surface area contributed by atoms with Crippen molar-refractivity contribution in [2.45, 2.75) is 51.6 Å². The summed E-state index contributed by atoms with van der Waals surface area (Å²) in [4.78, 5) is 0. The third-order valence-corrected chi connectivity index (χ3v) is 3.33. The highest BCUT2D eigenvalue weighted by Crippen LogP contribution is 2.37. The second-order valence-electron chi connectivity index (χ2n) is 4.69. The van der Waals surface area contributed by atoms with E-state index < -0.39 is 5.60 Å². The molecule has 0 saturated heterocycles. The molecule has 1 rings (SSSR count). The Labute approximate surface area is 81.5 Å². The summed E-state index contributed by atoms with van der Waals surface area (Å²) >= 11 is 0. The molecule has 1 aliphatic carbocycles. The molecule has 13 heavy (non-hydrogen) atoms. The van der Waals surface area contributed by atoms with Crippen LogP contribution in [0.3, 0.4) is 0 Å². The van der Waals surface area contributed by atoms with Crippen LogP contribution >= 0.6 is 0 Å². The Balaban J connectivity index is 2.43. The minimum atomic E-state index is -0.542. The van der Waals surface area contributed by atoms with Crippen LogP contribution in [0.15, 0.2) is 0 Å². The van der Waals surface area contributed by atoms with Crippen molar-refractivity contribution in [2.75, 3.05) is 0 Å². The topological polar surface area (TPSA) is 20.2 Å². The Morgan fingerprint density at radius 1 is 1.46 bits per heavy atom. The van der Waals surface area contributed by atoms with E-state index in [-0.39, 0.29) is 0 Å². The fourth-order valence-corrected chi connectivity index (χ4v) is 2.21. The average Bonchev–Trinajstić information content (AvgIpc) is 2.05. The van der Waals surface area contributed by atoms with Gasteiger partial charge in [-0.25, -0.2) is 0 Å². The SMILES string of the molecule is C#CCC1(O)CCC(C(C)C)CC1. The first-order chi connectivity index (χ1) is 6.07. The summed E-state index contributed by atoms with van der Waals surface area (Å²) < 4.78 is 0. The zero-order valence-corrected chi connectivity index (χ0v) is 8.71. The van der Waals surface area contributed by atoms with E-state index in [0.717, 1.165) is 37.5 Å². The minimum absolute atomic E-state index is 0.526. The fourth-order valence-electron chi connectivity index (χ4n) is 2.21. The van der Waals surface area contributed by atoms with Crippen molar-refractivity contribution >= 4 is 0 Å². The van der Waals surface area contributed by atoms with Gasteiger partial charge in [0.05, 0.1) is 5.60 Å². The van der Waals surface area contributed by atoms with E-state index in [1.807, 2.05) is 0 Å². The lowest BCUT2D eigenvalue weighted by Crippen LogP contribution is -2.34. The maximum absolute atomic E-state index is 10.0. The number of hydrogen-bond acceptors (Lipinski definition) is 1. The summed E-state index contributed by atoms with van der Waals surface area (Å²) in [5, 5.41) is 10.0. The second kappa shape index (κ2) is 4.15. The van der Waals surface area contributed by atoms with Gasteiger partial charge in [-0.3, -0.25) is 0 Å². The monoisotopic (exact) mass is 180 g/mol. The van der Waals surface area contributed by atoms with Gasteiger partial charge < -0.3 is 5.11 Å². The predicted octanol–water partition coefficient (Wildman–Crippen LogP) is 2.59. The zero-order chi connectivity index (χ0) is 9.90. The molecule has 0 aliphatic heterocycles. The highest BCUT2D eigenvalue weighted by molar-refractivity contribution is 4.97. The zero-order valence-electron chi connectivity index (χ0n) is 8.71. The van der Waals surface area contributed by atoms with Gasteiger partial charge in [0.15, 0.2) is 0 Å². The van der Waals surface area contributed by atoms with Gasteiger partial charge in [0.25, 0.3) is 0 Å². The van der Waals surface area contributed by atoms with Crippen molar-refractivity contribution in [3.8, 4) is 12.3 Å². The van der Waals surface area contributed by atoms with Gasteiger partial charge in [-0.15, -0.1) is 12.3 Å². The fraction of sp³-hybridized carbons (Fsp3) is 0.833. The summed E-state index contributed by atoms with van der Waals surface area (Å²) in [7, 11) is 0. The van der Waals surface area contributed by atoms with Crippen LogP contribution in [0.1, 0.15) is 46.0 Å². The standard InChI is InChI=1S/C12H20O/c1-4-7-12(13)8-5-11(6-9-12)10(2)3/h1,10-11,13H,5-9H2,2-3H3. The maximum Gasteiger partial charge on any atom is 0.0756 e. The molecular weight excluding hydrogens is 160 g/mol. The number of hydrogen-bond donors (Lipinski definition) is 1. The highest BCUT2D eigenvalue weighted by Gasteiger charge is 2.33. The molecule has 1 aliphatic rings. The molecular formula is C12H20O. The van der Waals surface area contributed by atoms with Crippen LogP contribution in [0.5, 0.6) is 0 Å². The van der Waals surface area contributed by atoms with Gasteiger partial charge in [-0.1, -0.05) is 13.8 Å². The summed E-state index contributed by atoms with van der Waals surface area (Å²) in [5.74, 6) is 4.11. The molecule has 1 N–H and O–H groups in total. The van der Waals surface area contributed by atoms with E-state index in [1.54, 1.807) is 0 Å². The molecule has 0 aromatic heterocycles. The quantitative estimate of drug-likeness (QED) is 0.648. The van der Waals surface area contributed by atoms with Gasteiger partial charge in [-0.05, 0) is 37.5 Å². The van der Waals surface area contributed by atoms with E-state index in [1.165, 1.54) is 0 Å². The molecule has 0 spiro atoms. The second-order valence-corrected chi connectivity index (χ2v) is 4.69. The number of rotatable bonds is 2. The Kier molecular flexibility index (Phi) is 3.39. The molecule has 0 heterocycles. The average molecular weight is 180 g/mol. The van der Waals surface area contributed by atoms with E-state index in [4.69, 9.17) is 6.42 Å². The van der Waals surface area contributed by atoms with Crippen molar-refractivity contribution in [1.82, 2.24) is 0 Å². The first-order valence-electron chi connectivity index (χ1n) is 5.23. The first kappa shape index (κ1) is 10.6. The Hall–Kier alpha value is -0.480. The summed E-state index contributed by atoms with van der Waals surface area (Å²) in [6, 6.07) is 0. The van der Waals surface area contributed by atoms with Crippen LogP contribution in [-0.4, -0.2) is 10.7 Å². The van der Waals surface area contributed by atoms with Crippen LogP contribution < -0.4 is 0 Å². The van der Waals surface area contributed by atoms with E-state index in [0.29, 0.717) is 6.42 Å². The molecule has 1 saturated carbocycles. The van der Waals surface area contributed by atoms with Gasteiger partial charge in [0.1, 0.15) is 0 Å². The summed E-state index contributed by atoms with van der Waals surface area (Å²) in [6.07, 6.45) is 9.80. The van der Waals surface area contributed by atoms with Crippen LogP contribution in [0.25, 0.3) is 0 Å². The van der Waals surface area contributed by atoms with Gasteiger partial charge in [0.2, 0.25) is 0 Å². The molecule has 0 amide bonds. The Morgan fingerprint density at radius 2 is 2.00 bits per heavy atom. The Morgan fingerprint density at radius 3 is 2.38 bits per heavy atom. The highest BCUT2D eigenvalue weighted by atomic mass is 16.3. The van der Waals surface area contributed by atoms with Crippen LogP contribution in [0.4, 0.5) is 0 Å². The molecule has 0 radical (unpaired) electrons. The molecule has 0 unspecified atom stereocenters. The van der Waals surface area contributed by atoms with E-state index in [9.17, 15) is 5.11 Å². The third-order valence-electron chi connectivity index (χ3n) is 3.33. The van der Waals surface area contributed by atoms with Crippen molar-refractivity contribution in [3.63, 3.8) is 0 Å². The molecule has 0 aromatic rings. The normalized spacial score (nSPS) is 34.5.